The average Bonchev–Trinajstić information content (AvgIpc) is 2.97. The molecule has 0 bridgehead atoms. The van der Waals surface area contributed by atoms with Crippen LogP contribution in [0.1, 0.15) is 17.4 Å². The van der Waals surface area contributed by atoms with Crippen LogP contribution in [-0.4, -0.2) is 29.9 Å². The molecule has 1 N–H and O–H groups in total. The maximum atomic E-state index is 12.5. The Labute approximate surface area is 118 Å². The van der Waals surface area contributed by atoms with E-state index in [1.165, 1.54) is 12.1 Å². The lowest BCUT2D eigenvalue weighted by Crippen LogP contribution is -2.35. The fourth-order valence-electron chi connectivity index (χ4n) is 2.03. The number of ether oxygens (including phenoxy) is 1. The number of rotatable bonds is 2. The van der Waals surface area contributed by atoms with E-state index in [1.54, 1.807) is 0 Å². The molecule has 112 valence electrons. The Morgan fingerprint density at radius 2 is 1.95 bits per heavy atom. The molecular formula is C13H12F3N3O2. The predicted molar refractivity (Wildman–Crippen MR) is 66.3 cm³/mol. The normalized spacial score (nSPS) is 19.7. The molecule has 0 radical (unpaired) electrons. The molecule has 1 aliphatic rings. The maximum Gasteiger partial charge on any atom is 0.416 e. The van der Waals surface area contributed by atoms with Gasteiger partial charge in [-0.05, 0) is 24.3 Å². The predicted octanol–water partition coefficient (Wildman–Crippen LogP) is 2.42. The molecule has 1 aromatic carbocycles. The van der Waals surface area contributed by atoms with Gasteiger partial charge in [0.25, 0.3) is 5.89 Å². The van der Waals surface area contributed by atoms with Gasteiger partial charge in [-0.15, -0.1) is 0 Å². The Morgan fingerprint density at radius 1 is 1.19 bits per heavy atom. The van der Waals surface area contributed by atoms with Gasteiger partial charge in [-0.1, -0.05) is 5.16 Å². The zero-order valence-corrected chi connectivity index (χ0v) is 10.9. The lowest BCUT2D eigenvalue weighted by atomic mass is 10.1. The van der Waals surface area contributed by atoms with Gasteiger partial charge in [0.05, 0.1) is 24.8 Å². The smallest absolute Gasteiger partial charge is 0.378 e. The zero-order valence-electron chi connectivity index (χ0n) is 10.9. The summed E-state index contributed by atoms with van der Waals surface area (Å²) in [4.78, 5) is 4.19. The van der Waals surface area contributed by atoms with Crippen molar-refractivity contribution in [3.8, 4) is 11.5 Å². The number of morpholine rings is 1. The van der Waals surface area contributed by atoms with Gasteiger partial charge in [0.1, 0.15) is 0 Å². The van der Waals surface area contributed by atoms with E-state index in [-0.39, 0.29) is 11.9 Å². The zero-order chi connectivity index (χ0) is 14.9. The number of nitrogens with one attached hydrogen (secondary N) is 1. The Bertz CT molecular complexity index is 604. The first-order valence-corrected chi connectivity index (χ1v) is 6.36. The van der Waals surface area contributed by atoms with Crippen molar-refractivity contribution in [1.29, 1.82) is 0 Å². The van der Waals surface area contributed by atoms with E-state index < -0.39 is 11.7 Å². The summed E-state index contributed by atoms with van der Waals surface area (Å²) in [5.74, 6) is 0.621. The first-order valence-electron chi connectivity index (χ1n) is 6.36. The Balaban J connectivity index is 1.79. The SMILES string of the molecule is FC(F)(F)c1ccc(-c2nc(C3COCCN3)no2)cc1. The Hall–Kier alpha value is -1.93. The van der Waals surface area contributed by atoms with Crippen molar-refractivity contribution in [2.75, 3.05) is 19.8 Å². The molecule has 2 heterocycles. The summed E-state index contributed by atoms with van der Waals surface area (Å²) in [7, 11) is 0. The molecule has 2 aromatic rings. The molecule has 0 spiro atoms. The van der Waals surface area contributed by atoms with Gasteiger partial charge < -0.3 is 14.6 Å². The summed E-state index contributed by atoms with van der Waals surface area (Å²) < 4.78 is 47.9. The molecule has 0 saturated carbocycles. The van der Waals surface area contributed by atoms with Gasteiger partial charge in [0, 0.05) is 12.1 Å². The van der Waals surface area contributed by atoms with Gasteiger partial charge in [-0.25, -0.2) is 0 Å². The quantitative estimate of drug-likeness (QED) is 0.923. The summed E-state index contributed by atoms with van der Waals surface area (Å²) >= 11 is 0. The van der Waals surface area contributed by atoms with Crippen LogP contribution in [-0.2, 0) is 10.9 Å². The van der Waals surface area contributed by atoms with Gasteiger partial charge >= 0.3 is 6.18 Å². The molecule has 0 aliphatic carbocycles. The van der Waals surface area contributed by atoms with Crippen LogP contribution in [0.4, 0.5) is 13.2 Å². The molecule has 0 amide bonds. The third-order valence-corrected chi connectivity index (χ3v) is 3.13. The van der Waals surface area contributed by atoms with Crippen LogP contribution in [0.15, 0.2) is 28.8 Å². The van der Waals surface area contributed by atoms with Crippen molar-refractivity contribution in [2.45, 2.75) is 12.2 Å². The van der Waals surface area contributed by atoms with Crippen LogP contribution in [0.3, 0.4) is 0 Å². The third kappa shape index (κ3) is 3.06. The topological polar surface area (TPSA) is 60.2 Å². The first kappa shape index (κ1) is 14.0. The molecule has 8 heteroatoms. The summed E-state index contributed by atoms with van der Waals surface area (Å²) in [5, 5.41) is 7.01. The van der Waals surface area contributed by atoms with Crippen molar-refractivity contribution < 1.29 is 22.4 Å². The number of benzene rings is 1. The fourth-order valence-corrected chi connectivity index (χ4v) is 2.03. The largest absolute Gasteiger partial charge is 0.416 e. The molecular weight excluding hydrogens is 287 g/mol. The molecule has 1 unspecified atom stereocenters. The second-order valence-corrected chi connectivity index (χ2v) is 4.61. The highest BCUT2D eigenvalue weighted by Gasteiger charge is 2.30. The van der Waals surface area contributed by atoms with Crippen molar-refractivity contribution in [3.63, 3.8) is 0 Å². The highest BCUT2D eigenvalue weighted by molar-refractivity contribution is 5.53. The number of hydrogen-bond donors (Lipinski definition) is 1. The monoisotopic (exact) mass is 299 g/mol. The molecule has 5 nitrogen and oxygen atoms in total. The molecule has 3 rings (SSSR count). The van der Waals surface area contributed by atoms with Crippen LogP contribution in [0.2, 0.25) is 0 Å². The van der Waals surface area contributed by atoms with E-state index in [1.807, 2.05) is 0 Å². The molecule has 1 fully saturated rings. The Morgan fingerprint density at radius 3 is 2.57 bits per heavy atom. The number of aromatic nitrogens is 2. The minimum absolute atomic E-state index is 0.161. The van der Waals surface area contributed by atoms with E-state index in [0.29, 0.717) is 31.1 Å². The van der Waals surface area contributed by atoms with Crippen LogP contribution in [0.25, 0.3) is 11.5 Å². The average molecular weight is 299 g/mol. The summed E-state index contributed by atoms with van der Waals surface area (Å²) in [6.07, 6.45) is -4.36. The maximum absolute atomic E-state index is 12.5. The van der Waals surface area contributed by atoms with Crippen LogP contribution in [0.5, 0.6) is 0 Å². The molecule has 1 aromatic heterocycles. The summed E-state index contributed by atoms with van der Waals surface area (Å²) in [6.45, 7) is 1.75. The van der Waals surface area contributed by atoms with Gasteiger partial charge in [-0.3, -0.25) is 0 Å². The highest BCUT2D eigenvalue weighted by Crippen LogP contribution is 2.30. The second kappa shape index (κ2) is 5.45. The number of nitrogens with zero attached hydrogens (tertiary/aromatic N) is 2. The van der Waals surface area contributed by atoms with Gasteiger partial charge in [0.2, 0.25) is 0 Å². The van der Waals surface area contributed by atoms with Gasteiger partial charge in [0.15, 0.2) is 5.82 Å². The lowest BCUT2D eigenvalue weighted by Gasteiger charge is -2.20. The third-order valence-electron chi connectivity index (χ3n) is 3.13. The van der Waals surface area contributed by atoms with Crippen LogP contribution < -0.4 is 5.32 Å². The lowest BCUT2D eigenvalue weighted by molar-refractivity contribution is -0.137. The number of hydrogen-bond acceptors (Lipinski definition) is 5. The Kier molecular flexibility index (Phi) is 3.64. The van der Waals surface area contributed by atoms with Crippen LogP contribution >= 0.6 is 0 Å². The summed E-state index contributed by atoms with van der Waals surface area (Å²) in [6, 6.07) is 4.43. The van der Waals surface area contributed by atoms with Crippen LogP contribution in [0, 0.1) is 0 Å². The first-order chi connectivity index (χ1) is 10.0. The molecule has 1 saturated heterocycles. The number of alkyl halides is 3. The summed E-state index contributed by atoms with van der Waals surface area (Å²) in [5.41, 5.74) is -0.271. The highest BCUT2D eigenvalue weighted by atomic mass is 19.4. The van der Waals surface area contributed by atoms with Gasteiger partial charge in [-0.2, -0.15) is 18.2 Å². The minimum Gasteiger partial charge on any atom is -0.378 e. The molecule has 21 heavy (non-hydrogen) atoms. The second-order valence-electron chi connectivity index (χ2n) is 4.61. The van der Waals surface area contributed by atoms with Crippen molar-refractivity contribution in [1.82, 2.24) is 15.5 Å². The van der Waals surface area contributed by atoms with Crippen molar-refractivity contribution >= 4 is 0 Å². The number of halogens is 3. The fraction of sp³-hybridized carbons (Fsp3) is 0.385. The standard InChI is InChI=1S/C13H12F3N3O2/c14-13(15,16)9-3-1-8(2-4-9)12-18-11(19-21-12)10-7-20-6-5-17-10/h1-4,10,17H,5-7H2. The van der Waals surface area contributed by atoms with E-state index in [4.69, 9.17) is 9.26 Å². The van der Waals surface area contributed by atoms with E-state index in [9.17, 15) is 13.2 Å². The minimum atomic E-state index is -4.36. The van der Waals surface area contributed by atoms with E-state index in [0.717, 1.165) is 12.1 Å². The van der Waals surface area contributed by atoms with E-state index in [2.05, 4.69) is 15.5 Å². The van der Waals surface area contributed by atoms with Crippen molar-refractivity contribution in [2.24, 2.45) is 0 Å². The molecule has 1 atom stereocenters. The van der Waals surface area contributed by atoms with E-state index >= 15 is 0 Å². The molecule has 1 aliphatic heterocycles. The van der Waals surface area contributed by atoms with Crippen molar-refractivity contribution in [3.05, 3.63) is 35.7 Å².